The van der Waals surface area contributed by atoms with Crippen molar-refractivity contribution in [2.75, 3.05) is 5.43 Å². The molecule has 3 N–H and O–H groups in total. The molecular formula is C15H16BrClN4. The molecular weight excluding hydrogens is 352 g/mol. The molecule has 110 valence electrons. The summed E-state index contributed by atoms with van der Waals surface area (Å²) >= 11 is 9.72. The first-order chi connectivity index (χ1) is 10.2. The topological polar surface area (TPSA) is 63.8 Å². The summed E-state index contributed by atoms with van der Waals surface area (Å²) in [6.45, 7) is 0. The highest BCUT2D eigenvalue weighted by Crippen LogP contribution is 2.35. The summed E-state index contributed by atoms with van der Waals surface area (Å²) in [5, 5.41) is 0.621. The van der Waals surface area contributed by atoms with E-state index >= 15 is 0 Å². The molecule has 0 saturated heterocycles. The number of hydrogen-bond acceptors (Lipinski definition) is 4. The van der Waals surface area contributed by atoms with Gasteiger partial charge in [-0.15, -0.1) is 0 Å². The third-order valence-corrected chi connectivity index (χ3v) is 4.65. The molecule has 2 aromatic rings. The molecule has 1 aliphatic carbocycles. The van der Waals surface area contributed by atoms with E-state index in [1.165, 1.54) is 25.7 Å². The highest BCUT2D eigenvalue weighted by Gasteiger charge is 2.20. The minimum Gasteiger partial charge on any atom is -0.308 e. The predicted molar refractivity (Wildman–Crippen MR) is 89.2 cm³/mol. The molecule has 0 spiro atoms. The molecule has 0 amide bonds. The number of aromatic nitrogens is 2. The fourth-order valence-corrected chi connectivity index (χ4v) is 3.52. The van der Waals surface area contributed by atoms with Crippen LogP contribution in [-0.4, -0.2) is 9.97 Å². The quantitative estimate of drug-likeness (QED) is 0.619. The van der Waals surface area contributed by atoms with Gasteiger partial charge in [0.05, 0.1) is 5.02 Å². The monoisotopic (exact) mass is 366 g/mol. The lowest BCUT2D eigenvalue weighted by Gasteiger charge is -2.13. The highest BCUT2D eigenvalue weighted by molar-refractivity contribution is 9.10. The first-order valence-corrected chi connectivity index (χ1v) is 8.15. The van der Waals surface area contributed by atoms with Crippen molar-refractivity contribution in [2.45, 2.75) is 31.6 Å². The van der Waals surface area contributed by atoms with E-state index in [1.807, 2.05) is 24.3 Å². The van der Waals surface area contributed by atoms with Gasteiger partial charge in [-0.3, -0.25) is 0 Å². The van der Waals surface area contributed by atoms with Crippen molar-refractivity contribution >= 4 is 33.3 Å². The van der Waals surface area contributed by atoms with E-state index in [2.05, 4.69) is 26.3 Å². The highest BCUT2D eigenvalue weighted by atomic mass is 79.9. The Morgan fingerprint density at radius 3 is 2.62 bits per heavy atom. The molecule has 0 radical (unpaired) electrons. The van der Waals surface area contributed by atoms with E-state index in [0.29, 0.717) is 22.6 Å². The molecule has 1 aromatic heterocycles. The van der Waals surface area contributed by atoms with Crippen LogP contribution in [-0.2, 0) is 0 Å². The standard InChI is InChI=1S/C15H16BrClN4/c16-10-5-6-11(12(17)7-10)15-19-13(8-14(20-15)21-18)9-3-1-2-4-9/h5-9H,1-4,18H2,(H,19,20,21). The van der Waals surface area contributed by atoms with Gasteiger partial charge in [0.1, 0.15) is 5.82 Å². The Hall–Kier alpha value is -1.17. The summed E-state index contributed by atoms with van der Waals surface area (Å²) in [6.07, 6.45) is 4.87. The van der Waals surface area contributed by atoms with Gasteiger partial charge in [-0.2, -0.15) is 0 Å². The van der Waals surface area contributed by atoms with Gasteiger partial charge in [0.2, 0.25) is 0 Å². The van der Waals surface area contributed by atoms with Crippen LogP contribution in [0.15, 0.2) is 28.7 Å². The fourth-order valence-electron chi connectivity index (χ4n) is 2.76. The Balaban J connectivity index is 2.06. The van der Waals surface area contributed by atoms with Gasteiger partial charge in [0.25, 0.3) is 0 Å². The minimum atomic E-state index is 0.494. The average molecular weight is 368 g/mol. The number of nitrogens with two attached hydrogens (primary N) is 1. The Bertz CT molecular complexity index is 656. The summed E-state index contributed by atoms with van der Waals surface area (Å²) in [5.74, 6) is 7.28. The van der Waals surface area contributed by atoms with Gasteiger partial charge in [0.15, 0.2) is 5.82 Å². The summed E-state index contributed by atoms with van der Waals surface area (Å²) in [7, 11) is 0. The first-order valence-electron chi connectivity index (χ1n) is 6.98. The maximum atomic E-state index is 6.31. The maximum Gasteiger partial charge on any atom is 0.163 e. The molecule has 1 saturated carbocycles. The first kappa shape index (κ1) is 14.8. The van der Waals surface area contributed by atoms with Gasteiger partial charge >= 0.3 is 0 Å². The van der Waals surface area contributed by atoms with Gasteiger partial charge in [-0.25, -0.2) is 15.8 Å². The lowest BCUT2D eigenvalue weighted by atomic mass is 10.0. The Labute approximate surface area is 137 Å². The van der Waals surface area contributed by atoms with Crippen molar-refractivity contribution in [3.05, 3.63) is 39.5 Å². The third kappa shape index (κ3) is 3.20. The van der Waals surface area contributed by atoms with Crippen LogP contribution in [0.1, 0.15) is 37.3 Å². The summed E-state index contributed by atoms with van der Waals surface area (Å²) in [4.78, 5) is 9.15. The number of anilines is 1. The molecule has 0 aliphatic heterocycles. The molecule has 0 bridgehead atoms. The summed E-state index contributed by atoms with van der Waals surface area (Å²) in [5.41, 5.74) is 4.49. The van der Waals surface area contributed by atoms with Crippen LogP contribution in [0, 0.1) is 0 Å². The van der Waals surface area contributed by atoms with E-state index in [-0.39, 0.29) is 0 Å². The van der Waals surface area contributed by atoms with Gasteiger partial charge in [-0.05, 0) is 31.0 Å². The number of rotatable bonds is 3. The smallest absolute Gasteiger partial charge is 0.163 e. The van der Waals surface area contributed by atoms with E-state index < -0.39 is 0 Å². The van der Waals surface area contributed by atoms with E-state index in [1.54, 1.807) is 0 Å². The minimum absolute atomic E-state index is 0.494. The average Bonchev–Trinajstić information content (AvgIpc) is 3.01. The molecule has 0 unspecified atom stereocenters. The van der Waals surface area contributed by atoms with Crippen molar-refractivity contribution < 1.29 is 0 Å². The number of nitrogens with one attached hydrogen (secondary N) is 1. The SMILES string of the molecule is NNc1cc(C2CCCC2)nc(-c2ccc(Br)cc2Cl)n1. The second kappa shape index (κ2) is 6.30. The number of nitrogen functional groups attached to an aromatic ring is 1. The van der Waals surface area contributed by atoms with Crippen molar-refractivity contribution in [1.29, 1.82) is 0 Å². The lowest BCUT2D eigenvalue weighted by Crippen LogP contribution is -2.11. The second-order valence-corrected chi connectivity index (χ2v) is 6.57. The molecule has 4 nitrogen and oxygen atoms in total. The molecule has 1 aliphatic rings. The van der Waals surface area contributed by atoms with Crippen LogP contribution < -0.4 is 11.3 Å². The van der Waals surface area contributed by atoms with Gasteiger partial charge in [-0.1, -0.05) is 40.4 Å². The van der Waals surface area contributed by atoms with E-state index in [4.69, 9.17) is 22.4 Å². The number of benzene rings is 1. The zero-order valence-corrected chi connectivity index (χ0v) is 13.8. The zero-order chi connectivity index (χ0) is 14.8. The number of hydrogen-bond donors (Lipinski definition) is 2. The molecule has 1 heterocycles. The van der Waals surface area contributed by atoms with E-state index in [9.17, 15) is 0 Å². The largest absolute Gasteiger partial charge is 0.308 e. The van der Waals surface area contributed by atoms with Crippen molar-refractivity contribution in [2.24, 2.45) is 5.84 Å². The fraction of sp³-hybridized carbons (Fsp3) is 0.333. The predicted octanol–water partition coefficient (Wildman–Crippen LogP) is 4.50. The van der Waals surface area contributed by atoms with Crippen LogP contribution in [0.3, 0.4) is 0 Å². The van der Waals surface area contributed by atoms with E-state index in [0.717, 1.165) is 15.7 Å². The number of hydrazine groups is 1. The second-order valence-electron chi connectivity index (χ2n) is 5.25. The van der Waals surface area contributed by atoms with Crippen LogP contribution in [0.4, 0.5) is 5.82 Å². The molecule has 1 aromatic carbocycles. The van der Waals surface area contributed by atoms with Crippen molar-refractivity contribution in [1.82, 2.24) is 9.97 Å². The molecule has 21 heavy (non-hydrogen) atoms. The maximum absolute atomic E-state index is 6.31. The molecule has 1 fully saturated rings. The van der Waals surface area contributed by atoms with Crippen LogP contribution >= 0.6 is 27.5 Å². The third-order valence-electron chi connectivity index (χ3n) is 3.84. The molecule has 3 rings (SSSR count). The zero-order valence-electron chi connectivity index (χ0n) is 11.4. The lowest BCUT2D eigenvalue weighted by molar-refractivity contribution is 0.695. The van der Waals surface area contributed by atoms with Crippen LogP contribution in [0.2, 0.25) is 5.02 Å². The Morgan fingerprint density at radius 1 is 1.19 bits per heavy atom. The van der Waals surface area contributed by atoms with Crippen molar-refractivity contribution in [3.8, 4) is 11.4 Å². The summed E-state index contributed by atoms with van der Waals surface area (Å²) < 4.78 is 0.931. The van der Waals surface area contributed by atoms with Gasteiger partial charge < -0.3 is 5.43 Å². The normalized spacial score (nSPS) is 15.4. The van der Waals surface area contributed by atoms with Crippen molar-refractivity contribution in [3.63, 3.8) is 0 Å². The Kier molecular flexibility index (Phi) is 4.42. The Morgan fingerprint density at radius 2 is 1.95 bits per heavy atom. The molecule has 0 atom stereocenters. The van der Waals surface area contributed by atoms with Crippen LogP contribution in [0.25, 0.3) is 11.4 Å². The van der Waals surface area contributed by atoms with Crippen LogP contribution in [0.5, 0.6) is 0 Å². The van der Waals surface area contributed by atoms with Gasteiger partial charge in [0, 0.05) is 27.7 Å². The molecule has 6 heteroatoms. The summed E-state index contributed by atoms with van der Waals surface area (Å²) in [6, 6.07) is 7.63. The number of nitrogens with zero attached hydrogens (tertiary/aromatic N) is 2. The number of halogens is 2.